The molecule has 0 saturated carbocycles. The smallest absolute Gasteiger partial charge is 0.123 e. The Hall–Kier alpha value is -1.61. The Balaban J connectivity index is 2.06. The van der Waals surface area contributed by atoms with Crippen LogP contribution >= 0.6 is 0 Å². The van der Waals surface area contributed by atoms with Gasteiger partial charge in [-0.3, -0.25) is 0 Å². The summed E-state index contributed by atoms with van der Waals surface area (Å²) in [5.41, 5.74) is 9.76. The van der Waals surface area contributed by atoms with Crippen LogP contribution in [0.15, 0.2) is 30.5 Å². The number of aromatic amines is 1. The van der Waals surface area contributed by atoms with E-state index in [0.29, 0.717) is 5.92 Å². The van der Waals surface area contributed by atoms with Gasteiger partial charge in [0.05, 0.1) is 17.9 Å². The van der Waals surface area contributed by atoms with Crippen LogP contribution in [-0.4, -0.2) is 9.97 Å². The third kappa shape index (κ3) is 4.43. The molecule has 2 rings (SSSR count). The van der Waals surface area contributed by atoms with Gasteiger partial charge < -0.3 is 10.7 Å². The van der Waals surface area contributed by atoms with Crippen molar-refractivity contribution in [1.82, 2.24) is 9.97 Å². The van der Waals surface area contributed by atoms with E-state index in [4.69, 9.17) is 5.73 Å². The zero-order chi connectivity index (χ0) is 15.2. The quantitative estimate of drug-likeness (QED) is 0.788. The molecular weight excluding hydrogens is 258 g/mol. The van der Waals surface area contributed by atoms with Crippen molar-refractivity contribution in [2.45, 2.75) is 52.5 Å². The Bertz CT molecular complexity index is 540. The van der Waals surface area contributed by atoms with E-state index in [9.17, 15) is 0 Å². The normalized spacial score (nSPS) is 12.8. The molecule has 0 amide bonds. The summed E-state index contributed by atoms with van der Waals surface area (Å²) in [5, 5.41) is 0. The minimum Gasteiger partial charge on any atom is -0.341 e. The average Bonchev–Trinajstić information content (AvgIpc) is 2.95. The fourth-order valence-corrected chi connectivity index (χ4v) is 2.52. The molecular formula is C18H27N3. The topological polar surface area (TPSA) is 54.7 Å². The maximum atomic E-state index is 6.16. The number of rotatable bonds is 7. The molecule has 0 bridgehead atoms. The summed E-state index contributed by atoms with van der Waals surface area (Å²) in [4.78, 5) is 7.80. The lowest BCUT2D eigenvalue weighted by molar-refractivity contribution is 0.580. The van der Waals surface area contributed by atoms with E-state index in [2.05, 4.69) is 55.0 Å². The molecule has 1 unspecified atom stereocenters. The Kier molecular flexibility index (Phi) is 5.57. The number of H-pyrrole nitrogens is 1. The lowest BCUT2D eigenvalue weighted by Crippen LogP contribution is -2.11. The predicted octanol–water partition coefficient (Wildman–Crippen LogP) is 4.47. The van der Waals surface area contributed by atoms with Crippen LogP contribution in [0.1, 0.15) is 57.5 Å². The van der Waals surface area contributed by atoms with E-state index in [-0.39, 0.29) is 6.04 Å². The minimum atomic E-state index is 0.0129. The molecule has 0 aliphatic heterocycles. The van der Waals surface area contributed by atoms with Gasteiger partial charge in [0.1, 0.15) is 5.82 Å². The molecule has 1 atom stereocenters. The fourth-order valence-electron chi connectivity index (χ4n) is 2.52. The van der Waals surface area contributed by atoms with Crippen LogP contribution in [0.25, 0.3) is 11.3 Å². The Morgan fingerprint density at radius 3 is 2.52 bits per heavy atom. The number of nitrogens with zero attached hydrogens (tertiary/aromatic N) is 1. The molecule has 0 aliphatic rings. The molecule has 3 N–H and O–H groups in total. The van der Waals surface area contributed by atoms with Crippen LogP contribution in [0.2, 0.25) is 0 Å². The van der Waals surface area contributed by atoms with Crippen LogP contribution in [0.4, 0.5) is 0 Å². The fraction of sp³-hybridized carbons (Fsp3) is 0.500. The summed E-state index contributed by atoms with van der Waals surface area (Å²) in [6.07, 6.45) is 6.30. The monoisotopic (exact) mass is 285 g/mol. The highest BCUT2D eigenvalue weighted by molar-refractivity contribution is 5.58. The number of nitrogens with one attached hydrogen (secondary N) is 1. The number of unbranched alkanes of at least 4 members (excludes halogenated alkanes) is 1. The van der Waals surface area contributed by atoms with E-state index in [0.717, 1.165) is 30.8 Å². The van der Waals surface area contributed by atoms with Gasteiger partial charge in [-0.25, -0.2) is 4.98 Å². The predicted molar refractivity (Wildman–Crippen MR) is 89.0 cm³/mol. The molecule has 1 heterocycles. The molecule has 0 radical (unpaired) electrons. The lowest BCUT2D eigenvalue weighted by atomic mass is 10.0. The van der Waals surface area contributed by atoms with Crippen molar-refractivity contribution < 1.29 is 0 Å². The van der Waals surface area contributed by atoms with Crippen molar-refractivity contribution in [3.05, 3.63) is 41.9 Å². The van der Waals surface area contributed by atoms with E-state index < -0.39 is 0 Å². The first kappa shape index (κ1) is 15.8. The van der Waals surface area contributed by atoms with Crippen LogP contribution in [-0.2, 0) is 6.42 Å². The molecule has 21 heavy (non-hydrogen) atoms. The summed E-state index contributed by atoms with van der Waals surface area (Å²) in [7, 11) is 0. The summed E-state index contributed by atoms with van der Waals surface area (Å²) >= 11 is 0. The second kappa shape index (κ2) is 7.41. The second-order valence-electron chi connectivity index (χ2n) is 6.23. The van der Waals surface area contributed by atoms with E-state index in [1.807, 2.05) is 6.20 Å². The molecule has 0 saturated heterocycles. The first-order chi connectivity index (χ1) is 10.1. The van der Waals surface area contributed by atoms with Gasteiger partial charge in [0, 0.05) is 0 Å². The molecule has 2 aromatic rings. The number of hydrogen-bond donors (Lipinski definition) is 2. The average molecular weight is 285 g/mol. The largest absolute Gasteiger partial charge is 0.341 e. The SMILES string of the molecule is CCCCC(N)c1ncc(-c2ccc(CC(C)C)cc2)[nH]1. The van der Waals surface area contributed by atoms with Crippen molar-refractivity contribution in [3.63, 3.8) is 0 Å². The Morgan fingerprint density at radius 1 is 1.19 bits per heavy atom. The van der Waals surface area contributed by atoms with Gasteiger partial charge in [0.15, 0.2) is 0 Å². The number of aromatic nitrogens is 2. The van der Waals surface area contributed by atoms with E-state index in [1.165, 1.54) is 17.5 Å². The Labute approximate surface area is 128 Å². The van der Waals surface area contributed by atoms with Crippen LogP contribution < -0.4 is 5.73 Å². The van der Waals surface area contributed by atoms with Crippen LogP contribution in [0.5, 0.6) is 0 Å². The van der Waals surface area contributed by atoms with Crippen molar-refractivity contribution in [3.8, 4) is 11.3 Å². The molecule has 114 valence electrons. The molecule has 1 aromatic carbocycles. The van der Waals surface area contributed by atoms with E-state index in [1.54, 1.807) is 0 Å². The zero-order valence-corrected chi connectivity index (χ0v) is 13.4. The standard InChI is InChI=1S/C18H27N3/c1-4-5-6-16(19)18-20-12-17(21-18)15-9-7-14(8-10-15)11-13(2)3/h7-10,12-13,16H,4-6,11,19H2,1-3H3,(H,20,21). The van der Waals surface area contributed by atoms with Gasteiger partial charge in [-0.1, -0.05) is 57.9 Å². The highest BCUT2D eigenvalue weighted by Gasteiger charge is 2.10. The van der Waals surface area contributed by atoms with Crippen LogP contribution in [0, 0.1) is 5.92 Å². The molecule has 3 nitrogen and oxygen atoms in total. The maximum absolute atomic E-state index is 6.16. The highest BCUT2D eigenvalue weighted by atomic mass is 15.0. The minimum absolute atomic E-state index is 0.0129. The lowest BCUT2D eigenvalue weighted by Gasteiger charge is -2.07. The Morgan fingerprint density at radius 2 is 1.90 bits per heavy atom. The summed E-state index contributed by atoms with van der Waals surface area (Å²) in [6.45, 7) is 6.67. The van der Waals surface area contributed by atoms with Gasteiger partial charge in [0.2, 0.25) is 0 Å². The van der Waals surface area contributed by atoms with E-state index >= 15 is 0 Å². The third-order valence-corrected chi connectivity index (χ3v) is 3.72. The third-order valence-electron chi connectivity index (χ3n) is 3.72. The van der Waals surface area contributed by atoms with Crippen molar-refractivity contribution in [1.29, 1.82) is 0 Å². The van der Waals surface area contributed by atoms with Crippen LogP contribution in [0.3, 0.4) is 0 Å². The first-order valence-corrected chi connectivity index (χ1v) is 8.00. The molecule has 0 aliphatic carbocycles. The van der Waals surface area contributed by atoms with Crippen molar-refractivity contribution in [2.75, 3.05) is 0 Å². The van der Waals surface area contributed by atoms with Gasteiger partial charge in [-0.15, -0.1) is 0 Å². The first-order valence-electron chi connectivity index (χ1n) is 8.00. The number of hydrogen-bond acceptors (Lipinski definition) is 2. The number of nitrogens with two attached hydrogens (primary N) is 1. The van der Waals surface area contributed by atoms with Gasteiger partial charge >= 0.3 is 0 Å². The van der Waals surface area contributed by atoms with Crippen molar-refractivity contribution >= 4 is 0 Å². The molecule has 1 aromatic heterocycles. The maximum Gasteiger partial charge on any atom is 0.123 e. The van der Waals surface area contributed by atoms with Crippen molar-refractivity contribution in [2.24, 2.45) is 11.7 Å². The molecule has 0 spiro atoms. The molecule has 3 heteroatoms. The highest BCUT2D eigenvalue weighted by Crippen LogP contribution is 2.21. The van der Waals surface area contributed by atoms with Gasteiger partial charge in [0.25, 0.3) is 0 Å². The van der Waals surface area contributed by atoms with Gasteiger partial charge in [-0.2, -0.15) is 0 Å². The molecule has 0 fully saturated rings. The zero-order valence-electron chi connectivity index (χ0n) is 13.4. The number of imidazole rings is 1. The second-order valence-corrected chi connectivity index (χ2v) is 6.23. The summed E-state index contributed by atoms with van der Waals surface area (Å²) < 4.78 is 0. The van der Waals surface area contributed by atoms with Gasteiger partial charge in [-0.05, 0) is 29.9 Å². The number of benzene rings is 1. The summed E-state index contributed by atoms with van der Waals surface area (Å²) in [6, 6.07) is 8.73. The summed E-state index contributed by atoms with van der Waals surface area (Å²) in [5.74, 6) is 1.58.